The van der Waals surface area contributed by atoms with Crippen molar-refractivity contribution in [2.45, 2.75) is 17.9 Å². The Morgan fingerprint density at radius 3 is 2.74 bits per heavy atom. The molecule has 4 aromatic rings. The fourth-order valence-corrected chi connectivity index (χ4v) is 5.12. The Kier molecular flexibility index (Phi) is 5.73. The van der Waals surface area contributed by atoms with Gasteiger partial charge in [0.25, 0.3) is 0 Å². The molecule has 1 aliphatic heterocycles. The van der Waals surface area contributed by atoms with Crippen molar-refractivity contribution in [1.82, 2.24) is 9.97 Å². The number of benzene rings is 2. The SMILES string of the molecule is O=C(CCSc1ccccc1)N(Cc1cccnc1)c1nc2cc3c(cc2s1)OCO3. The molecular formula is C23H19N3O3S2. The molecule has 0 atom stereocenters. The molecule has 0 spiro atoms. The summed E-state index contributed by atoms with van der Waals surface area (Å²) in [6.45, 7) is 0.652. The molecule has 2 aromatic heterocycles. The number of aromatic nitrogens is 2. The van der Waals surface area contributed by atoms with E-state index in [1.54, 1.807) is 29.1 Å². The first-order valence-corrected chi connectivity index (χ1v) is 11.6. The summed E-state index contributed by atoms with van der Waals surface area (Å²) in [4.78, 5) is 25.1. The van der Waals surface area contributed by atoms with E-state index in [0.29, 0.717) is 35.3 Å². The number of rotatable bonds is 7. The predicted octanol–water partition coefficient (Wildman–Crippen LogP) is 5.14. The van der Waals surface area contributed by atoms with E-state index in [-0.39, 0.29) is 12.7 Å². The summed E-state index contributed by atoms with van der Waals surface area (Å²) in [6, 6.07) is 17.8. The lowest BCUT2D eigenvalue weighted by Gasteiger charge is -2.20. The fraction of sp³-hybridized carbons (Fsp3) is 0.174. The van der Waals surface area contributed by atoms with E-state index in [4.69, 9.17) is 14.5 Å². The van der Waals surface area contributed by atoms with Gasteiger partial charge < -0.3 is 9.47 Å². The van der Waals surface area contributed by atoms with Crippen LogP contribution < -0.4 is 14.4 Å². The molecule has 0 radical (unpaired) electrons. The molecular weight excluding hydrogens is 430 g/mol. The Morgan fingerprint density at radius 1 is 1.10 bits per heavy atom. The molecule has 5 rings (SSSR count). The quantitative estimate of drug-likeness (QED) is 0.364. The van der Waals surface area contributed by atoms with Crippen LogP contribution in [0.3, 0.4) is 0 Å². The first-order valence-electron chi connectivity index (χ1n) is 9.83. The lowest BCUT2D eigenvalue weighted by atomic mass is 10.2. The molecule has 0 aliphatic carbocycles. The normalized spacial score (nSPS) is 12.3. The average molecular weight is 450 g/mol. The van der Waals surface area contributed by atoms with Gasteiger partial charge in [0.15, 0.2) is 16.6 Å². The first kappa shape index (κ1) is 19.8. The lowest BCUT2D eigenvalue weighted by molar-refractivity contribution is -0.118. The molecule has 0 fully saturated rings. The number of pyridine rings is 1. The highest BCUT2D eigenvalue weighted by molar-refractivity contribution is 7.99. The molecule has 0 N–H and O–H groups in total. The van der Waals surface area contributed by atoms with Gasteiger partial charge >= 0.3 is 0 Å². The highest BCUT2D eigenvalue weighted by Crippen LogP contribution is 2.40. The molecule has 1 amide bonds. The monoisotopic (exact) mass is 449 g/mol. The van der Waals surface area contributed by atoms with Gasteiger partial charge in [0.1, 0.15) is 0 Å². The van der Waals surface area contributed by atoms with Gasteiger partial charge in [-0.1, -0.05) is 35.6 Å². The van der Waals surface area contributed by atoms with Crippen molar-refractivity contribution in [3.05, 3.63) is 72.6 Å². The summed E-state index contributed by atoms with van der Waals surface area (Å²) in [5.74, 6) is 2.14. The summed E-state index contributed by atoms with van der Waals surface area (Å²) in [5.41, 5.74) is 1.76. The molecule has 0 bridgehead atoms. The lowest BCUT2D eigenvalue weighted by Crippen LogP contribution is -2.30. The van der Waals surface area contributed by atoms with E-state index >= 15 is 0 Å². The molecule has 6 nitrogen and oxygen atoms in total. The Morgan fingerprint density at radius 2 is 1.94 bits per heavy atom. The number of nitrogens with zero attached hydrogens (tertiary/aromatic N) is 3. The summed E-state index contributed by atoms with van der Waals surface area (Å²) in [7, 11) is 0. The van der Waals surface area contributed by atoms with E-state index in [1.807, 2.05) is 42.5 Å². The van der Waals surface area contributed by atoms with Gasteiger partial charge in [-0.2, -0.15) is 0 Å². The summed E-state index contributed by atoms with van der Waals surface area (Å²) in [5, 5.41) is 0.664. The maximum atomic E-state index is 13.2. The topological polar surface area (TPSA) is 64.6 Å². The van der Waals surface area contributed by atoms with Crippen LogP contribution in [0.5, 0.6) is 11.5 Å². The Bertz CT molecular complexity index is 1160. The number of amides is 1. The number of hydrogen-bond acceptors (Lipinski definition) is 7. The number of ether oxygens (including phenoxy) is 2. The largest absolute Gasteiger partial charge is 0.454 e. The second kappa shape index (κ2) is 8.95. The van der Waals surface area contributed by atoms with Crippen molar-refractivity contribution in [3.63, 3.8) is 0 Å². The highest BCUT2D eigenvalue weighted by Gasteiger charge is 2.22. The molecule has 1 aliphatic rings. The predicted molar refractivity (Wildman–Crippen MR) is 123 cm³/mol. The number of thiazole rings is 1. The van der Waals surface area contributed by atoms with E-state index in [2.05, 4.69) is 17.1 Å². The zero-order chi connectivity index (χ0) is 21.0. The third-order valence-corrected chi connectivity index (χ3v) is 6.85. The number of hydrogen-bond donors (Lipinski definition) is 0. The minimum Gasteiger partial charge on any atom is -0.454 e. The van der Waals surface area contributed by atoms with Crippen molar-refractivity contribution < 1.29 is 14.3 Å². The number of anilines is 1. The van der Waals surface area contributed by atoms with Crippen molar-refractivity contribution in [3.8, 4) is 11.5 Å². The summed E-state index contributed by atoms with van der Waals surface area (Å²) < 4.78 is 11.9. The van der Waals surface area contributed by atoms with Crippen LogP contribution in [0.15, 0.2) is 71.9 Å². The Balaban J connectivity index is 1.38. The van der Waals surface area contributed by atoms with Gasteiger partial charge in [-0.25, -0.2) is 4.98 Å². The second-order valence-electron chi connectivity index (χ2n) is 6.92. The number of carbonyl (C=O) groups excluding carboxylic acids is 1. The van der Waals surface area contributed by atoms with Crippen molar-refractivity contribution in [1.29, 1.82) is 0 Å². The zero-order valence-corrected chi connectivity index (χ0v) is 18.2. The van der Waals surface area contributed by atoms with E-state index in [9.17, 15) is 4.79 Å². The molecule has 8 heteroatoms. The summed E-state index contributed by atoms with van der Waals surface area (Å²) >= 11 is 3.16. The van der Waals surface area contributed by atoms with E-state index in [1.165, 1.54) is 11.3 Å². The van der Waals surface area contributed by atoms with Crippen molar-refractivity contribution in [2.24, 2.45) is 0 Å². The van der Waals surface area contributed by atoms with Crippen LogP contribution in [-0.2, 0) is 11.3 Å². The van der Waals surface area contributed by atoms with Crippen LogP contribution in [0.1, 0.15) is 12.0 Å². The standard InChI is InChI=1S/C23H19N3O3S2/c27-22(8-10-30-17-6-2-1-3-7-17)26(14-16-5-4-9-24-13-16)23-25-18-11-19-20(29-15-28-19)12-21(18)31-23/h1-7,9,11-13H,8,10,14-15H2. The minimum atomic E-state index is 0.0337. The van der Waals surface area contributed by atoms with Gasteiger partial charge in [0.05, 0.1) is 16.8 Å². The molecule has 0 saturated carbocycles. The molecule has 0 unspecified atom stereocenters. The van der Waals surface area contributed by atoms with E-state index < -0.39 is 0 Å². The third-order valence-electron chi connectivity index (χ3n) is 4.79. The van der Waals surface area contributed by atoms with Gasteiger partial charge in [-0.15, -0.1) is 11.8 Å². The third kappa shape index (κ3) is 4.50. The van der Waals surface area contributed by atoms with E-state index in [0.717, 1.165) is 20.7 Å². The van der Waals surface area contributed by atoms with Crippen LogP contribution in [0, 0.1) is 0 Å². The van der Waals surface area contributed by atoms with Gasteiger partial charge in [-0.3, -0.25) is 14.7 Å². The average Bonchev–Trinajstić information content (AvgIpc) is 3.43. The minimum absolute atomic E-state index is 0.0337. The molecule has 31 heavy (non-hydrogen) atoms. The number of thioether (sulfide) groups is 1. The van der Waals surface area contributed by atoms with Crippen molar-refractivity contribution >= 4 is 44.4 Å². The van der Waals surface area contributed by atoms with Crippen molar-refractivity contribution in [2.75, 3.05) is 17.4 Å². The fourth-order valence-electron chi connectivity index (χ4n) is 3.27. The number of carbonyl (C=O) groups is 1. The second-order valence-corrected chi connectivity index (χ2v) is 9.10. The maximum absolute atomic E-state index is 13.2. The van der Waals surface area contributed by atoms with Crippen LogP contribution in [0.4, 0.5) is 5.13 Å². The molecule has 2 aromatic carbocycles. The Hall–Kier alpha value is -3.10. The highest BCUT2D eigenvalue weighted by atomic mass is 32.2. The first-order chi connectivity index (χ1) is 15.3. The maximum Gasteiger partial charge on any atom is 0.231 e. The molecule has 156 valence electrons. The Labute approximate surface area is 187 Å². The van der Waals surface area contributed by atoms with Crippen LogP contribution >= 0.6 is 23.1 Å². The smallest absolute Gasteiger partial charge is 0.231 e. The van der Waals surface area contributed by atoms with Crippen LogP contribution in [-0.4, -0.2) is 28.4 Å². The molecule has 3 heterocycles. The molecule has 0 saturated heterocycles. The summed E-state index contributed by atoms with van der Waals surface area (Å²) in [6.07, 6.45) is 3.92. The van der Waals surface area contributed by atoms with Gasteiger partial charge in [0, 0.05) is 41.6 Å². The van der Waals surface area contributed by atoms with Crippen LogP contribution in [0.2, 0.25) is 0 Å². The number of fused-ring (bicyclic) bond motifs is 2. The van der Waals surface area contributed by atoms with Gasteiger partial charge in [-0.05, 0) is 23.8 Å². The van der Waals surface area contributed by atoms with Crippen LogP contribution in [0.25, 0.3) is 10.2 Å². The zero-order valence-electron chi connectivity index (χ0n) is 16.6. The van der Waals surface area contributed by atoms with Gasteiger partial charge in [0.2, 0.25) is 12.7 Å².